The maximum atomic E-state index is 14.1. The number of amides is 6. The van der Waals surface area contributed by atoms with Gasteiger partial charge in [-0.2, -0.15) is 11.8 Å². The van der Waals surface area contributed by atoms with Crippen molar-refractivity contribution in [1.29, 1.82) is 0 Å². The first-order valence-corrected chi connectivity index (χ1v) is 40.4. The molecule has 2 aliphatic carbocycles. The van der Waals surface area contributed by atoms with Crippen LogP contribution in [-0.2, 0) is 70.1 Å². The van der Waals surface area contributed by atoms with Gasteiger partial charge in [-0.15, -0.1) is 5.53 Å². The Labute approximate surface area is 649 Å². The van der Waals surface area contributed by atoms with E-state index in [0.717, 1.165) is 78.0 Å². The van der Waals surface area contributed by atoms with Crippen LogP contribution in [0.15, 0.2) is 84.5 Å². The number of nitrogens with zero attached hydrogens (tertiary/aromatic N) is 6. The van der Waals surface area contributed by atoms with Gasteiger partial charge in [0, 0.05) is 61.0 Å². The van der Waals surface area contributed by atoms with Gasteiger partial charge >= 0.3 is 12.1 Å². The van der Waals surface area contributed by atoms with Crippen molar-refractivity contribution in [2.45, 2.75) is 173 Å². The lowest BCUT2D eigenvalue weighted by molar-refractivity contribution is -0.674. The topological polar surface area (TPSA) is 360 Å². The van der Waals surface area contributed by atoms with Crippen LogP contribution in [0.3, 0.4) is 0 Å². The third kappa shape index (κ3) is 21.6. The van der Waals surface area contributed by atoms with Gasteiger partial charge in [0.1, 0.15) is 31.2 Å². The SMILES string of the molecule is C/C(=C\C[n+]1cnc2c(ncn2[C@@H]2O[C@H](COC(=O)NCCOCCOCCOCCN3NNC4=C3c3ccccc3CN(C(=O)CCNC(=O)CCOCCOCCOCCOCCNC(=O)CCCCC3SC[C@]5(C)NC(=O)N[C@H]35)c3ccccc34)[C@@H](O)[C@H]2O)c1N)CC[C@@]1(C)[C@@H]2CCCC(C)(C)C2=CC[C@@H]1C. The third-order valence-electron chi connectivity index (χ3n) is 22.6. The van der Waals surface area contributed by atoms with Crippen LogP contribution >= 0.6 is 11.8 Å². The molecule has 0 radical (unpaired) electrons. The number of thioether (sulfide) groups is 1. The van der Waals surface area contributed by atoms with Crippen LogP contribution < -0.4 is 52.7 Å². The van der Waals surface area contributed by atoms with E-state index in [1.54, 1.807) is 16.8 Å². The predicted molar refractivity (Wildman–Crippen MR) is 415 cm³/mol. The molecule has 110 heavy (non-hydrogen) atoms. The molecule has 2 aromatic heterocycles. The van der Waals surface area contributed by atoms with Crippen LogP contribution in [0.25, 0.3) is 22.6 Å². The second kappa shape index (κ2) is 40.3. The van der Waals surface area contributed by atoms with E-state index in [1.165, 1.54) is 35.7 Å². The highest BCUT2D eigenvalue weighted by atomic mass is 32.2. The van der Waals surface area contributed by atoms with Gasteiger partial charge in [0.15, 0.2) is 11.7 Å². The van der Waals surface area contributed by atoms with Crippen molar-refractivity contribution in [2.75, 3.05) is 142 Å². The first-order chi connectivity index (χ1) is 53.2. The number of nitrogens with two attached hydrogens (primary N) is 1. The first kappa shape index (κ1) is 83.4. The molecule has 7 aliphatic rings. The summed E-state index contributed by atoms with van der Waals surface area (Å²) in [5.74, 6) is 2.21. The summed E-state index contributed by atoms with van der Waals surface area (Å²) in [4.78, 5) is 74.6. The highest BCUT2D eigenvalue weighted by Gasteiger charge is 2.52. The highest BCUT2D eigenvalue weighted by Crippen LogP contribution is 2.58. The fraction of sp³-hybridized carbons (Fsp3) is 0.646. The Hall–Kier alpha value is -7.53. The fourth-order valence-corrected chi connectivity index (χ4v) is 17.7. The normalized spacial score (nSPS) is 24.6. The Bertz CT molecular complexity index is 3840. The fourth-order valence-electron chi connectivity index (χ4n) is 16.0. The minimum Gasteiger partial charge on any atom is -0.447 e. The van der Waals surface area contributed by atoms with Gasteiger partial charge in [0.2, 0.25) is 29.7 Å². The number of urea groups is 1. The van der Waals surface area contributed by atoms with Crippen molar-refractivity contribution >= 4 is 75.7 Å². The number of rotatable bonds is 43. The van der Waals surface area contributed by atoms with Crippen LogP contribution in [0, 0.1) is 22.7 Å². The number of alkyl carbamates (subject to hydrolysis) is 1. The number of aliphatic hydroxyl groups is 2. The van der Waals surface area contributed by atoms with E-state index in [9.17, 15) is 34.2 Å². The average Bonchev–Trinajstić information content (AvgIpc) is 1.79. The monoisotopic (exact) mass is 1550 g/mol. The number of allylic oxidation sites excluding steroid dienone is 4. The number of aliphatic hydroxyl groups excluding tert-OH is 2. The minimum absolute atomic E-state index is 0.00893. The molecule has 4 aromatic rings. The molecule has 3 saturated heterocycles. The van der Waals surface area contributed by atoms with Crippen molar-refractivity contribution in [2.24, 2.45) is 22.7 Å². The van der Waals surface area contributed by atoms with Crippen molar-refractivity contribution in [3.05, 3.63) is 101 Å². The summed E-state index contributed by atoms with van der Waals surface area (Å²) in [5, 5.41) is 38.9. The number of ether oxygens (including phenoxy) is 9. The van der Waals surface area contributed by atoms with E-state index in [0.29, 0.717) is 139 Å². The summed E-state index contributed by atoms with van der Waals surface area (Å²) in [5.41, 5.74) is 22.7. The lowest BCUT2D eigenvalue weighted by atomic mass is 9.52. The number of aromatic nitrogens is 4. The number of nitrogen functional groups attached to an aromatic ring is 1. The van der Waals surface area contributed by atoms with Crippen LogP contribution in [0.5, 0.6) is 0 Å². The summed E-state index contributed by atoms with van der Waals surface area (Å²) in [6.45, 7) is 20.5. The molecule has 5 aliphatic heterocycles. The summed E-state index contributed by atoms with van der Waals surface area (Å²) in [6.07, 6.45) is 12.8. The van der Waals surface area contributed by atoms with E-state index in [4.69, 9.17) is 48.4 Å². The van der Waals surface area contributed by atoms with Gasteiger partial charge in [0.05, 0.1) is 141 Å². The van der Waals surface area contributed by atoms with Crippen LogP contribution in [0.4, 0.5) is 21.1 Å². The molecule has 7 heterocycles. The number of benzene rings is 2. The van der Waals surface area contributed by atoms with Gasteiger partial charge in [-0.05, 0) is 93.1 Å². The lowest BCUT2D eigenvalue weighted by Crippen LogP contribution is -2.47. The number of carbonyl (C=O) groups excluding carboxylic acids is 5. The molecule has 30 nitrogen and oxygen atoms in total. The molecule has 0 spiro atoms. The number of hydrogen-bond donors (Lipinski definition) is 10. The van der Waals surface area contributed by atoms with Gasteiger partial charge in [0.25, 0.3) is 5.82 Å². The summed E-state index contributed by atoms with van der Waals surface area (Å²) >= 11 is 1.88. The van der Waals surface area contributed by atoms with Crippen molar-refractivity contribution in [1.82, 2.24) is 57.1 Å². The number of hydrazine groups is 2. The largest absolute Gasteiger partial charge is 0.447 e. The minimum atomic E-state index is -1.37. The standard InChI is InChI=1S/C79H116N14O16S/c1-53(23-28-78(5)54(2)21-22-58-59(78)17-13-27-77(58,3)4)25-32-90-51-85-73-67(72(90)80)84-52-92(73)74-70(98)69(97)61(109-74)49-108-76(100)83-31-36-103-40-44-106-45-41-104-37-33-93-68-56-15-8-7-14-55(56)48-91(60-18-10-9-16-57(60)66(68)88-89-93)65(96)24-29-81-64(95)26-34-101-38-42-105-46-47-107-43-39-102-35-30-82-63(94)20-12-11-19-62-71-79(6,50-110-62)87-75(99)86-71/h7-10,14-16,18,22,25,51-52,54,59,61-62,69-71,74,80,88-89,97-98H,11-13,17,19-21,23-24,26-50H2,1-6H3,(H5,81,82,83,86,87,94,95,99,100)/p+1/b53-25+/t54-,59+,61+,62?,69+,70+,71+,74+,78+,79-/m0/s1. The smallest absolute Gasteiger partial charge is 0.407 e. The molecule has 1 unspecified atom stereocenters. The zero-order valence-corrected chi connectivity index (χ0v) is 65.7. The molecule has 604 valence electrons. The molecule has 6 amide bonds. The Morgan fingerprint density at radius 3 is 2.19 bits per heavy atom. The van der Waals surface area contributed by atoms with E-state index < -0.39 is 30.6 Å². The Morgan fingerprint density at radius 2 is 1.45 bits per heavy atom. The average molecular weight is 1550 g/mol. The zero-order chi connectivity index (χ0) is 77.6. The number of anilines is 2. The van der Waals surface area contributed by atoms with E-state index >= 15 is 0 Å². The van der Waals surface area contributed by atoms with Gasteiger partial charge < -0.3 is 95.5 Å². The van der Waals surface area contributed by atoms with Crippen molar-refractivity contribution in [3.8, 4) is 0 Å². The quantitative estimate of drug-likeness (QED) is 0.0103. The molecule has 1 saturated carbocycles. The Kier molecular flexibility index (Phi) is 30.5. The zero-order valence-electron chi connectivity index (χ0n) is 64.9. The molecule has 0 bridgehead atoms. The van der Waals surface area contributed by atoms with Crippen LogP contribution in [0.2, 0.25) is 0 Å². The second-order valence-electron chi connectivity index (χ2n) is 30.7. The number of imidazole rings is 1. The van der Waals surface area contributed by atoms with Gasteiger partial charge in [-0.1, -0.05) is 111 Å². The molecule has 4 fully saturated rings. The Morgan fingerprint density at radius 1 is 0.782 bits per heavy atom. The number of carbonyl (C=O) groups is 5. The number of para-hydroxylation sites is 1. The highest BCUT2D eigenvalue weighted by molar-refractivity contribution is 8.00. The van der Waals surface area contributed by atoms with Crippen LogP contribution in [-0.4, -0.2) is 226 Å². The number of unbranched alkanes of at least 4 members (excludes halogenated alkanes) is 1. The summed E-state index contributed by atoms with van der Waals surface area (Å²) in [6, 6.07) is 15.8. The molecular formula is C79H117N14O16S+. The lowest BCUT2D eigenvalue weighted by Gasteiger charge is -2.53. The summed E-state index contributed by atoms with van der Waals surface area (Å²) in [7, 11) is 0. The number of fused-ring (bicyclic) bond motifs is 7. The number of hydrogen-bond acceptors (Lipinski definition) is 23. The first-order valence-electron chi connectivity index (χ1n) is 39.3. The van der Waals surface area contributed by atoms with Crippen molar-refractivity contribution < 1.29 is 81.4 Å². The van der Waals surface area contributed by atoms with Crippen LogP contribution in [0.1, 0.15) is 142 Å². The molecular weight excluding hydrogens is 1430 g/mol. The maximum Gasteiger partial charge on any atom is 0.407 e. The molecule has 11 N–H and O–H groups in total. The summed E-state index contributed by atoms with van der Waals surface area (Å²) < 4.78 is 54.6. The predicted octanol–water partition coefficient (Wildman–Crippen LogP) is 6.11. The van der Waals surface area contributed by atoms with Gasteiger partial charge in [-0.3, -0.25) is 24.0 Å². The Balaban J connectivity index is 0.500. The van der Waals surface area contributed by atoms with E-state index in [1.807, 2.05) is 69.9 Å². The van der Waals surface area contributed by atoms with E-state index in [-0.39, 0.29) is 98.5 Å². The van der Waals surface area contributed by atoms with Gasteiger partial charge in [-0.25, -0.2) is 19.1 Å². The molecule has 10 atom stereocenters. The number of nitrogens with one attached hydrogen (secondary N) is 7. The second-order valence-corrected chi connectivity index (χ2v) is 31.9. The third-order valence-corrected chi connectivity index (χ3v) is 24.3. The van der Waals surface area contributed by atoms with E-state index in [2.05, 4.69) is 101 Å². The molecule has 2 aromatic carbocycles. The molecule has 11 rings (SSSR count). The molecule has 31 heteroatoms. The maximum absolute atomic E-state index is 14.1. The van der Waals surface area contributed by atoms with Crippen molar-refractivity contribution in [3.63, 3.8) is 0 Å².